The highest BCUT2D eigenvalue weighted by Crippen LogP contribution is 2.32. The standard InChI is InChI=1S/C25H23N3O7/c29-21-8-7-20(22(30)26-21)28-23(31)18-6-3-15(13-19(18)24(28)32)27-11-9-17(10-12-27)35-16-4-1-14(2-5-16)25(33)34/h1-6,13,17,20H,7-12H2,(H,33,34)(H,26,29,30). The van der Waals surface area contributed by atoms with Gasteiger partial charge in [-0.05, 0) is 48.9 Å². The summed E-state index contributed by atoms with van der Waals surface area (Å²) in [5.74, 6) is -2.45. The Balaban J connectivity index is 1.24. The number of carbonyl (C=O) groups is 5. The molecule has 3 aliphatic heterocycles. The average molecular weight is 477 g/mol. The van der Waals surface area contributed by atoms with Crippen molar-refractivity contribution in [3.8, 4) is 5.75 Å². The topological polar surface area (TPSA) is 133 Å². The van der Waals surface area contributed by atoms with Crippen molar-refractivity contribution < 1.29 is 33.8 Å². The number of benzene rings is 2. The Bertz CT molecular complexity index is 1230. The van der Waals surface area contributed by atoms with Crippen LogP contribution in [0.25, 0.3) is 0 Å². The molecule has 0 bridgehead atoms. The molecule has 10 nitrogen and oxygen atoms in total. The van der Waals surface area contributed by atoms with E-state index in [2.05, 4.69) is 10.2 Å². The Morgan fingerprint density at radius 1 is 0.914 bits per heavy atom. The van der Waals surface area contributed by atoms with Crippen LogP contribution in [0.15, 0.2) is 42.5 Å². The van der Waals surface area contributed by atoms with E-state index < -0.39 is 35.6 Å². The lowest BCUT2D eigenvalue weighted by atomic mass is 10.0. The number of carbonyl (C=O) groups excluding carboxylic acids is 4. The fourth-order valence-electron chi connectivity index (χ4n) is 4.76. The van der Waals surface area contributed by atoms with Gasteiger partial charge >= 0.3 is 5.97 Å². The van der Waals surface area contributed by atoms with E-state index in [4.69, 9.17) is 9.84 Å². The third-order valence-electron chi connectivity index (χ3n) is 6.63. The van der Waals surface area contributed by atoms with Crippen molar-refractivity contribution in [1.82, 2.24) is 10.2 Å². The molecule has 3 heterocycles. The van der Waals surface area contributed by atoms with Crippen molar-refractivity contribution in [3.63, 3.8) is 0 Å². The molecule has 0 saturated carbocycles. The van der Waals surface area contributed by atoms with Crippen LogP contribution in [-0.4, -0.2) is 64.8 Å². The zero-order chi connectivity index (χ0) is 24.7. The number of piperidine rings is 2. The Morgan fingerprint density at radius 3 is 2.26 bits per heavy atom. The van der Waals surface area contributed by atoms with Crippen molar-refractivity contribution in [1.29, 1.82) is 0 Å². The second-order valence-electron chi connectivity index (χ2n) is 8.81. The molecule has 2 N–H and O–H groups in total. The molecule has 5 rings (SSSR count). The van der Waals surface area contributed by atoms with Gasteiger partial charge in [0.2, 0.25) is 11.8 Å². The second kappa shape index (κ2) is 8.86. The number of anilines is 1. The Kier molecular flexibility index (Phi) is 5.72. The quantitative estimate of drug-likeness (QED) is 0.623. The molecule has 0 aliphatic carbocycles. The molecule has 2 aromatic rings. The van der Waals surface area contributed by atoms with E-state index in [0.29, 0.717) is 18.8 Å². The first kappa shape index (κ1) is 22.6. The minimum atomic E-state index is -0.986. The van der Waals surface area contributed by atoms with Crippen molar-refractivity contribution in [2.45, 2.75) is 37.8 Å². The van der Waals surface area contributed by atoms with E-state index in [0.717, 1.165) is 23.4 Å². The Labute approximate surface area is 200 Å². The minimum Gasteiger partial charge on any atom is -0.490 e. The van der Waals surface area contributed by atoms with Crippen molar-refractivity contribution in [2.24, 2.45) is 0 Å². The molecule has 1 atom stereocenters. The molecule has 10 heteroatoms. The van der Waals surface area contributed by atoms with Gasteiger partial charge in [-0.15, -0.1) is 0 Å². The normalized spacial score (nSPS) is 20.6. The number of imide groups is 2. The maximum absolute atomic E-state index is 13.1. The molecule has 3 aliphatic rings. The van der Waals surface area contributed by atoms with Crippen LogP contribution in [0.3, 0.4) is 0 Å². The summed E-state index contributed by atoms with van der Waals surface area (Å²) in [4.78, 5) is 63.7. The number of ether oxygens (including phenoxy) is 1. The molecule has 0 aromatic heterocycles. The maximum atomic E-state index is 13.1. The van der Waals surface area contributed by atoms with Crippen molar-refractivity contribution in [3.05, 3.63) is 59.2 Å². The lowest BCUT2D eigenvalue weighted by molar-refractivity contribution is -0.136. The number of amides is 4. The van der Waals surface area contributed by atoms with Gasteiger partial charge < -0.3 is 14.7 Å². The van der Waals surface area contributed by atoms with E-state index in [9.17, 15) is 24.0 Å². The van der Waals surface area contributed by atoms with Gasteiger partial charge in [-0.25, -0.2) is 4.79 Å². The predicted octanol–water partition coefficient (Wildman–Crippen LogP) is 1.83. The molecule has 35 heavy (non-hydrogen) atoms. The summed E-state index contributed by atoms with van der Waals surface area (Å²) in [7, 11) is 0. The van der Waals surface area contributed by atoms with E-state index in [-0.39, 0.29) is 35.6 Å². The van der Waals surface area contributed by atoms with Crippen LogP contribution in [0, 0.1) is 0 Å². The number of nitrogens with one attached hydrogen (secondary N) is 1. The van der Waals surface area contributed by atoms with Crippen LogP contribution in [0.2, 0.25) is 0 Å². The predicted molar refractivity (Wildman–Crippen MR) is 122 cm³/mol. The van der Waals surface area contributed by atoms with Crippen LogP contribution >= 0.6 is 0 Å². The summed E-state index contributed by atoms with van der Waals surface area (Å²) >= 11 is 0. The van der Waals surface area contributed by atoms with E-state index in [1.807, 2.05) is 0 Å². The first-order valence-corrected chi connectivity index (χ1v) is 11.4. The lowest BCUT2D eigenvalue weighted by Crippen LogP contribution is -2.54. The monoisotopic (exact) mass is 477 g/mol. The molecule has 180 valence electrons. The number of aromatic carboxylic acids is 1. The van der Waals surface area contributed by atoms with Crippen LogP contribution in [0.5, 0.6) is 5.75 Å². The molecule has 2 fully saturated rings. The van der Waals surface area contributed by atoms with E-state index in [1.165, 1.54) is 12.1 Å². The van der Waals surface area contributed by atoms with Gasteiger partial charge in [0.25, 0.3) is 11.8 Å². The Hall–Kier alpha value is -4.21. The smallest absolute Gasteiger partial charge is 0.335 e. The van der Waals surface area contributed by atoms with Crippen LogP contribution in [0.1, 0.15) is 56.8 Å². The molecule has 1 unspecified atom stereocenters. The van der Waals surface area contributed by atoms with Gasteiger partial charge in [-0.3, -0.25) is 29.4 Å². The summed E-state index contributed by atoms with van der Waals surface area (Å²) in [6.45, 7) is 1.35. The van der Waals surface area contributed by atoms with Crippen LogP contribution < -0.4 is 15.0 Å². The number of fused-ring (bicyclic) bond motifs is 1. The van der Waals surface area contributed by atoms with Gasteiger partial charge in [0.1, 0.15) is 17.9 Å². The average Bonchev–Trinajstić information content (AvgIpc) is 3.09. The zero-order valence-corrected chi connectivity index (χ0v) is 18.7. The number of hydrogen-bond acceptors (Lipinski definition) is 7. The number of carboxylic acids is 1. The fraction of sp³-hybridized carbons (Fsp3) is 0.320. The molecule has 2 saturated heterocycles. The molecule has 4 amide bonds. The summed E-state index contributed by atoms with van der Waals surface area (Å²) < 4.78 is 5.99. The second-order valence-corrected chi connectivity index (χ2v) is 8.81. The van der Waals surface area contributed by atoms with E-state index >= 15 is 0 Å². The lowest BCUT2D eigenvalue weighted by Gasteiger charge is -2.34. The third kappa shape index (κ3) is 4.23. The van der Waals surface area contributed by atoms with Gasteiger partial charge in [0, 0.05) is 38.0 Å². The molecule has 0 spiro atoms. The highest BCUT2D eigenvalue weighted by molar-refractivity contribution is 6.23. The molecular weight excluding hydrogens is 454 g/mol. The largest absolute Gasteiger partial charge is 0.490 e. The Morgan fingerprint density at radius 2 is 1.60 bits per heavy atom. The first-order chi connectivity index (χ1) is 16.8. The van der Waals surface area contributed by atoms with E-state index in [1.54, 1.807) is 30.3 Å². The zero-order valence-electron chi connectivity index (χ0n) is 18.7. The number of hydrogen-bond donors (Lipinski definition) is 2. The summed E-state index contributed by atoms with van der Waals surface area (Å²) in [6, 6.07) is 10.4. The number of rotatable bonds is 5. The van der Waals surface area contributed by atoms with Crippen molar-refractivity contribution in [2.75, 3.05) is 18.0 Å². The summed E-state index contributed by atoms with van der Waals surface area (Å²) in [6.07, 6.45) is 1.63. The highest BCUT2D eigenvalue weighted by Gasteiger charge is 2.44. The van der Waals surface area contributed by atoms with Gasteiger partial charge in [-0.1, -0.05) is 0 Å². The number of nitrogens with zero attached hydrogens (tertiary/aromatic N) is 2. The van der Waals surface area contributed by atoms with Gasteiger partial charge in [-0.2, -0.15) is 0 Å². The summed E-state index contributed by atoms with van der Waals surface area (Å²) in [5, 5.41) is 11.2. The van der Waals surface area contributed by atoms with Crippen LogP contribution in [0.4, 0.5) is 5.69 Å². The van der Waals surface area contributed by atoms with Crippen LogP contribution in [-0.2, 0) is 9.59 Å². The van der Waals surface area contributed by atoms with Crippen molar-refractivity contribution >= 4 is 35.3 Å². The third-order valence-corrected chi connectivity index (χ3v) is 6.63. The SMILES string of the molecule is O=C1CCC(N2C(=O)c3ccc(N4CCC(Oc5ccc(C(=O)O)cc5)CC4)cc3C2=O)C(=O)N1. The molecular formula is C25H23N3O7. The van der Waals surface area contributed by atoms with Gasteiger partial charge in [0.05, 0.1) is 16.7 Å². The molecule has 0 radical (unpaired) electrons. The summed E-state index contributed by atoms with van der Waals surface area (Å²) in [5.41, 5.74) is 1.52. The maximum Gasteiger partial charge on any atom is 0.335 e. The fourth-order valence-corrected chi connectivity index (χ4v) is 4.76. The minimum absolute atomic E-state index is 0.0254. The van der Waals surface area contributed by atoms with Gasteiger partial charge in [0.15, 0.2) is 0 Å². The molecule has 2 aromatic carbocycles. The first-order valence-electron chi connectivity index (χ1n) is 11.4. The number of carboxylic acid groups (broad SMARTS) is 1. The highest BCUT2D eigenvalue weighted by atomic mass is 16.5.